The van der Waals surface area contributed by atoms with E-state index in [-0.39, 0.29) is 5.97 Å². The van der Waals surface area contributed by atoms with Gasteiger partial charge in [-0.3, -0.25) is 9.69 Å². The molecule has 0 amide bonds. The van der Waals surface area contributed by atoms with Gasteiger partial charge in [0.1, 0.15) is 6.54 Å². The molecule has 1 fully saturated rings. The van der Waals surface area contributed by atoms with Crippen molar-refractivity contribution in [2.45, 2.75) is 90.1 Å². The number of nitrogens with zero attached hydrogens (tertiary/aromatic N) is 2. The van der Waals surface area contributed by atoms with Crippen molar-refractivity contribution in [1.29, 1.82) is 0 Å². The number of esters is 1. The van der Waals surface area contributed by atoms with Gasteiger partial charge in [0.25, 0.3) is 0 Å². The predicted octanol–water partition coefficient (Wildman–Crippen LogP) is 4.81. The van der Waals surface area contributed by atoms with Crippen molar-refractivity contribution in [3.8, 4) is 0 Å². The number of carbonyl (C=O) groups is 1. The SMILES string of the molecule is CC(=O)OCCCCCCCCCCC[n+]1cccc([C@@H]2CCCN2C)c1. The molecule has 2 rings (SSSR count). The van der Waals surface area contributed by atoms with E-state index in [1.807, 2.05) is 0 Å². The van der Waals surface area contributed by atoms with E-state index < -0.39 is 0 Å². The molecule has 0 unspecified atom stereocenters. The van der Waals surface area contributed by atoms with E-state index >= 15 is 0 Å². The van der Waals surface area contributed by atoms with Crippen molar-refractivity contribution in [3.05, 3.63) is 30.1 Å². The Labute approximate surface area is 165 Å². The van der Waals surface area contributed by atoms with Gasteiger partial charge in [0.2, 0.25) is 0 Å². The first-order valence-corrected chi connectivity index (χ1v) is 11.0. The van der Waals surface area contributed by atoms with E-state index in [0.717, 1.165) is 13.0 Å². The number of aryl methyl sites for hydroxylation is 1. The van der Waals surface area contributed by atoms with Gasteiger partial charge in [-0.2, -0.15) is 0 Å². The summed E-state index contributed by atoms with van der Waals surface area (Å²) < 4.78 is 7.33. The van der Waals surface area contributed by atoms with Gasteiger partial charge in [-0.25, -0.2) is 4.57 Å². The molecule has 0 aromatic carbocycles. The van der Waals surface area contributed by atoms with Crippen LogP contribution in [0.25, 0.3) is 0 Å². The molecule has 152 valence electrons. The van der Waals surface area contributed by atoms with Gasteiger partial charge < -0.3 is 4.74 Å². The summed E-state index contributed by atoms with van der Waals surface area (Å²) in [6.45, 7) is 4.43. The zero-order valence-corrected chi connectivity index (χ0v) is 17.5. The smallest absolute Gasteiger partial charge is 0.302 e. The van der Waals surface area contributed by atoms with Crippen LogP contribution in [-0.2, 0) is 16.1 Å². The first kappa shape index (κ1) is 21.9. The molecule has 0 aliphatic carbocycles. The Balaban J connectivity index is 1.47. The largest absolute Gasteiger partial charge is 0.466 e. The number of likely N-dealkylation sites (tertiary alicyclic amines) is 1. The maximum Gasteiger partial charge on any atom is 0.302 e. The molecule has 2 heterocycles. The molecular weight excluding hydrogens is 336 g/mol. The number of pyridine rings is 1. The minimum Gasteiger partial charge on any atom is -0.466 e. The standard InChI is InChI=1S/C23H39N2O2/c1-21(26)27-19-11-9-7-5-3-4-6-8-10-17-25-18-12-14-22(20-25)23-15-13-16-24(23)2/h12,14,18,20,23H,3-11,13,15-17,19H2,1-2H3/q+1/t23-/m0/s1. The Kier molecular flexibility index (Phi) is 10.4. The van der Waals surface area contributed by atoms with E-state index in [0.29, 0.717) is 12.6 Å². The maximum absolute atomic E-state index is 10.7. The molecule has 0 saturated carbocycles. The molecule has 0 radical (unpaired) electrons. The van der Waals surface area contributed by atoms with Gasteiger partial charge in [0.05, 0.1) is 6.61 Å². The molecular formula is C23H39N2O2+. The summed E-state index contributed by atoms with van der Waals surface area (Å²) in [4.78, 5) is 13.1. The van der Waals surface area contributed by atoms with E-state index in [2.05, 4.69) is 41.0 Å². The summed E-state index contributed by atoms with van der Waals surface area (Å²) in [7, 11) is 2.24. The Bertz CT molecular complexity index is 547. The topological polar surface area (TPSA) is 33.4 Å². The summed E-state index contributed by atoms with van der Waals surface area (Å²) >= 11 is 0. The van der Waals surface area contributed by atoms with Crippen molar-refractivity contribution >= 4 is 5.97 Å². The number of aromatic nitrogens is 1. The molecule has 4 nitrogen and oxygen atoms in total. The summed E-state index contributed by atoms with van der Waals surface area (Å²) in [6.07, 6.45) is 18.6. The average molecular weight is 376 g/mol. The van der Waals surface area contributed by atoms with Crippen LogP contribution in [-0.4, -0.2) is 31.1 Å². The molecule has 0 N–H and O–H groups in total. The van der Waals surface area contributed by atoms with Crippen molar-refractivity contribution < 1.29 is 14.1 Å². The molecule has 1 aromatic heterocycles. The van der Waals surface area contributed by atoms with Crippen LogP contribution in [0.1, 0.15) is 89.2 Å². The second kappa shape index (κ2) is 12.9. The molecule has 0 spiro atoms. The van der Waals surface area contributed by atoms with E-state index in [1.165, 1.54) is 83.2 Å². The van der Waals surface area contributed by atoms with Gasteiger partial charge in [0.15, 0.2) is 12.4 Å². The van der Waals surface area contributed by atoms with Gasteiger partial charge in [-0.15, -0.1) is 0 Å². The fourth-order valence-electron chi connectivity index (χ4n) is 4.06. The summed E-state index contributed by atoms with van der Waals surface area (Å²) in [6, 6.07) is 5.12. The Morgan fingerprint density at radius 3 is 2.41 bits per heavy atom. The lowest BCUT2D eigenvalue weighted by Gasteiger charge is -2.18. The highest BCUT2D eigenvalue weighted by Crippen LogP contribution is 2.29. The summed E-state index contributed by atoms with van der Waals surface area (Å²) in [5.41, 5.74) is 1.48. The molecule has 4 heteroatoms. The van der Waals surface area contributed by atoms with E-state index in [1.54, 1.807) is 0 Å². The van der Waals surface area contributed by atoms with Crippen LogP contribution in [0, 0.1) is 0 Å². The van der Waals surface area contributed by atoms with Crippen LogP contribution < -0.4 is 4.57 Å². The highest BCUT2D eigenvalue weighted by molar-refractivity contribution is 5.65. The van der Waals surface area contributed by atoms with Gasteiger partial charge in [-0.1, -0.05) is 38.5 Å². The van der Waals surface area contributed by atoms with Crippen molar-refractivity contribution in [2.24, 2.45) is 0 Å². The second-order valence-electron chi connectivity index (χ2n) is 8.04. The molecule has 1 aromatic rings. The normalized spacial score (nSPS) is 17.3. The number of hydrogen-bond donors (Lipinski definition) is 0. The lowest BCUT2D eigenvalue weighted by atomic mass is 10.1. The number of rotatable bonds is 13. The van der Waals surface area contributed by atoms with Gasteiger partial charge in [0, 0.05) is 31.0 Å². The Morgan fingerprint density at radius 2 is 1.78 bits per heavy atom. The van der Waals surface area contributed by atoms with Crippen LogP contribution in [0.2, 0.25) is 0 Å². The maximum atomic E-state index is 10.7. The number of ether oxygens (including phenoxy) is 1. The van der Waals surface area contributed by atoms with E-state index in [9.17, 15) is 4.79 Å². The number of hydrogen-bond acceptors (Lipinski definition) is 3. The lowest BCUT2D eigenvalue weighted by Crippen LogP contribution is -2.34. The van der Waals surface area contributed by atoms with Crippen LogP contribution in [0.5, 0.6) is 0 Å². The molecule has 1 atom stereocenters. The molecule has 0 bridgehead atoms. The zero-order chi connectivity index (χ0) is 19.3. The minimum atomic E-state index is -0.161. The quantitative estimate of drug-likeness (QED) is 0.282. The second-order valence-corrected chi connectivity index (χ2v) is 8.04. The zero-order valence-electron chi connectivity index (χ0n) is 17.5. The summed E-state index contributed by atoms with van der Waals surface area (Å²) in [5, 5.41) is 0. The Morgan fingerprint density at radius 1 is 1.11 bits per heavy atom. The van der Waals surface area contributed by atoms with E-state index in [4.69, 9.17) is 4.74 Å². The fourth-order valence-corrected chi connectivity index (χ4v) is 4.06. The fraction of sp³-hybridized carbons (Fsp3) is 0.739. The van der Waals surface area contributed by atoms with Crippen molar-refractivity contribution in [3.63, 3.8) is 0 Å². The first-order valence-electron chi connectivity index (χ1n) is 11.0. The molecule has 27 heavy (non-hydrogen) atoms. The molecule has 1 aliphatic heterocycles. The monoisotopic (exact) mass is 375 g/mol. The number of unbranched alkanes of at least 4 members (excludes halogenated alkanes) is 8. The molecule has 1 aliphatic rings. The highest BCUT2D eigenvalue weighted by atomic mass is 16.5. The highest BCUT2D eigenvalue weighted by Gasteiger charge is 2.24. The van der Waals surface area contributed by atoms with Crippen LogP contribution in [0.4, 0.5) is 0 Å². The Hall–Kier alpha value is -1.42. The minimum absolute atomic E-state index is 0.161. The third-order valence-corrected chi connectivity index (χ3v) is 5.65. The third kappa shape index (κ3) is 8.87. The first-order chi connectivity index (χ1) is 13.2. The van der Waals surface area contributed by atoms with Crippen LogP contribution in [0.15, 0.2) is 24.5 Å². The summed E-state index contributed by atoms with van der Waals surface area (Å²) in [5.74, 6) is -0.161. The van der Waals surface area contributed by atoms with Crippen LogP contribution in [0.3, 0.4) is 0 Å². The lowest BCUT2D eigenvalue weighted by molar-refractivity contribution is -0.697. The molecule has 1 saturated heterocycles. The third-order valence-electron chi connectivity index (χ3n) is 5.65. The predicted molar refractivity (Wildman–Crippen MR) is 109 cm³/mol. The van der Waals surface area contributed by atoms with Crippen molar-refractivity contribution in [2.75, 3.05) is 20.2 Å². The van der Waals surface area contributed by atoms with Gasteiger partial charge >= 0.3 is 5.97 Å². The van der Waals surface area contributed by atoms with Crippen LogP contribution >= 0.6 is 0 Å². The van der Waals surface area contributed by atoms with Gasteiger partial charge in [-0.05, 0) is 45.3 Å². The number of carbonyl (C=O) groups excluding carboxylic acids is 1. The average Bonchev–Trinajstić information content (AvgIpc) is 3.08. The van der Waals surface area contributed by atoms with Crippen molar-refractivity contribution in [1.82, 2.24) is 4.90 Å².